The van der Waals surface area contributed by atoms with Crippen LogP contribution < -0.4 is 5.73 Å². The van der Waals surface area contributed by atoms with E-state index in [0.717, 1.165) is 16.5 Å². The minimum atomic E-state index is -0.143. The molecule has 0 amide bonds. The lowest BCUT2D eigenvalue weighted by molar-refractivity contribution is 0.447. The predicted octanol–water partition coefficient (Wildman–Crippen LogP) is 4.04. The summed E-state index contributed by atoms with van der Waals surface area (Å²) >= 11 is 4.94. The van der Waals surface area contributed by atoms with Crippen molar-refractivity contribution in [3.8, 4) is 0 Å². The van der Waals surface area contributed by atoms with E-state index < -0.39 is 0 Å². The third kappa shape index (κ3) is 3.22. The number of nitrogens with zero attached hydrogens (tertiary/aromatic N) is 1. The molecule has 2 aromatic rings. The second-order valence-electron chi connectivity index (χ2n) is 5.33. The molecule has 0 aliphatic carbocycles. The number of hydrogen-bond acceptors (Lipinski definition) is 4. The van der Waals surface area contributed by atoms with E-state index in [-0.39, 0.29) is 11.5 Å². The molecule has 0 saturated carbocycles. The molecule has 18 heavy (non-hydrogen) atoms. The standard InChI is InChI=1S/C13H17BrN2OS/c1-13(2,3)10-7-18-12(16-10)6-8(15)9-4-5-11(14)17-9/h4-5,7-8H,6,15H2,1-3H3. The first-order valence-corrected chi connectivity index (χ1v) is 7.49. The first kappa shape index (κ1) is 13.8. The van der Waals surface area contributed by atoms with Gasteiger partial charge in [-0.15, -0.1) is 11.3 Å². The zero-order valence-corrected chi connectivity index (χ0v) is 13.1. The van der Waals surface area contributed by atoms with Crippen LogP contribution in [0.5, 0.6) is 0 Å². The Bertz CT molecular complexity index is 527. The Morgan fingerprint density at radius 1 is 1.44 bits per heavy atom. The fourth-order valence-corrected chi connectivity index (χ4v) is 2.97. The van der Waals surface area contributed by atoms with Crippen LogP contribution in [-0.2, 0) is 11.8 Å². The van der Waals surface area contributed by atoms with Crippen molar-refractivity contribution in [2.75, 3.05) is 0 Å². The molecule has 1 atom stereocenters. The number of halogens is 1. The van der Waals surface area contributed by atoms with Gasteiger partial charge in [0.25, 0.3) is 0 Å². The topological polar surface area (TPSA) is 52.0 Å². The maximum Gasteiger partial charge on any atom is 0.169 e. The summed E-state index contributed by atoms with van der Waals surface area (Å²) in [6, 6.07) is 3.61. The maximum absolute atomic E-state index is 6.11. The molecule has 0 bridgehead atoms. The van der Waals surface area contributed by atoms with Gasteiger partial charge in [0.05, 0.1) is 16.7 Å². The third-order valence-electron chi connectivity index (χ3n) is 2.67. The highest BCUT2D eigenvalue weighted by Gasteiger charge is 2.19. The van der Waals surface area contributed by atoms with Gasteiger partial charge in [0.1, 0.15) is 5.76 Å². The van der Waals surface area contributed by atoms with Crippen molar-refractivity contribution in [3.63, 3.8) is 0 Å². The molecule has 0 saturated heterocycles. The summed E-state index contributed by atoms with van der Waals surface area (Å²) in [7, 11) is 0. The average Bonchev–Trinajstić information content (AvgIpc) is 2.85. The molecule has 0 fully saturated rings. The summed E-state index contributed by atoms with van der Waals surface area (Å²) in [4.78, 5) is 4.64. The van der Waals surface area contributed by atoms with Crippen molar-refractivity contribution < 1.29 is 4.42 Å². The summed E-state index contributed by atoms with van der Waals surface area (Å²) < 4.78 is 6.17. The molecule has 2 aromatic heterocycles. The normalized spacial score (nSPS) is 13.8. The first-order chi connectivity index (χ1) is 8.36. The van der Waals surface area contributed by atoms with Gasteiger partial charge < -0.3 is 10.2 Å². The van der Waals surface area contributed by atoms with Crippen LogP contribution in [0.1, 0.15) is 43.3 Å². The van der Waals surface area contributed by atoms with Crippen LogP contribution >= 0.6 is 27.3 Å². The molecule has 1 unspecified atom stereocenters. The van der Waals surface area contributed by atoms with Crippen molar-refractivity contribution in [3.05, 3.63) is 38.6 Å². The summed E-state index contributed by atoms with van der Waals surface area (Å²) in [6.07, 6.45) is 0.709. The van der Waals surface area contributed by atoms with E-state index in [4.69, 9.17) is 10.2 Å². The molecule has 2 rings (SSSR count). The lowest BCUT2D eigenvalue weighted by Gasteiger charge is -2.14. The molecule has 0 aromatic carbocycles. The van der Waals surface area contributed by atoms with Gasteiger partial charge in [0, 0.05) is 17.2 Å². The summed E-state index contributed by atoms with van der Waals surface area (Å²) in [5.74, 6) is 0.786. The summed E-state index contributed by atoms with van der Waals surface area (Å²) in [5, 5.41) is 3.17. The highest BCUT2D eigenvalue weighted by atomic mass is 79.9. The Hall–Kier alpha value is -0.650. The van der Waals surface area contributed by atoms with E-state index in [1.54, 1.807) is 11.3 Å². The molecule has 0 spiro atoms. The Kier molecular flexibility index (Phi) is 3.94. The number of rotatable bonds is 3. The first-order valence-electron chi connectivity index (χ1n) is 5.82. The number of hydrogen-bond donors (Lipinski definition) is 1. The van der Waals surface area contributed by atoms with E-state index in [1.807, 2.05) is 12.1 Å². The number of aromatic nitrogens is 1. The second-order valence-corrected chi connectivity index (χ2v) is 7.05. The molecule has 98 valence electrons. The Balaban J connectivity index is 2.08. The van der Waals surface area contributed by atoms with Gasteiger partial charge in [-0.2, -0.15) is 0 Å². The van der Waals surface area contributed by atoms with Gasteiger partial charge in [-0.05, 0) is 28.1 Å². The lowest BCUT2D eigenvalue weighted by atomic mass is 9.93. The van der Waals surface area contributed by atoms with Gasteiger partial charge in [0.15, 0.2) is 4.67 Å². The molecule has 2 heterocycles. The van der Waals surface area contributed by atoms with Crippen LogP contribution in [-0.4, -0.2) is 4.98 Å². The van der Waals surface area contributed by atoms with E-state index in [9.17, 15) is 0 Å². The highest BCUT2D eigenvalue weighted by Crippen LogP contribution is 2.27. The molecular weight excluding hydrogens is 312 g/mol. The lowest BCUT2D eigenvalue weighted by Crippen LogP contribution is -2.14. The predicted molar refractivity (Wildman–Crippen MR) is 77.9 cm³/mol. The second kappa shape index (κ2) is 5.15. The molecule has 0 aliphatic rings. The van der Waals surface area contributed by atoms with E-state index >= 15 is 0 Å². The van der Waals surface area contributed by atoms with Crippen molar-refractivity contribution in [2.45, 2.75) is 38.6 Å². The molecule has 0 radical (unpaired) electrons. The van der Waals surface area contributed by atoms with Gasteiger partial charge >= 0.3 is 0 Å². The number of thiazole rings is 1. The van der Waals surface area contributed by atoms with Crippen molar-refractivity contribution in [1.29, 1.82) is 0 Å². The average molecular weight is 329 g/mol. The zero-order chi connectivity index (χ0) is 13.3. The van der Waals surface area contributed by atoms with Crippen LogP contribution in [0.15, 0.2) is 26.6 Å². The van der Waals surface area contributed by atoms with Crippen LogP contribution in [0.4, 0.5) is 0 Å². The smallest absolute Gasteiger partial charge is 0.169 e. The Morgan fingerprint density at radius 2 is 2.17 bits per heavy atom. The molecule has 5 heteroatoms. The van der Waals surface area contributed by atoms with Crippen LogP contribution in [0, 0.1) is 0 Å². The van der Waals surface area contributed by atoms with Crippen LogP contribution in [0.2, 0.25) is 0 Å². The zero-order valence-electron chi connectivity index (χ0n) is 10.7. The molecule has 0 aliphatic heterocycles. The Morgan fingerprint density at radius 3 is 2.67 bits per heavy atom. The van der Waals surface area contributed by atoms with E-state index in [0.29, 0.717) is 11.1 Å². The quantitative estimate of drug-likeness (QED) is 0.925. The highest BCUT2D eigenvalue weighted by molar-refractivity contribution is 9.10. The third-order valence-corrected chi connectivity index (χ3v) is 3.97. The van der Waals surface area contributed by atoms with Crippen molar-refractivity contribution >= 4 is 27.3 Å². The van der Waals surface area contributed by atoms with Gasteiger partial charge in [-0.3, -0.25) is 0 Å². The molecular formula is C13H17BrN2OS. The molecule has 3 nitrogen and oxygen atoms in total. The van der Waals surface area contributed by atoms with Crippen molar-refractivity contribution in [2.24, 2.45) is 5.73 Å². The molecule has 2 N–H and O–H groups in total. The minimum absolute atomic E-state index is 0.0898. The van der Waals surface area contributed by atoms with Crippen LogP contribution in [0.3, 0.4) is 0 Å². The number of nitrogens with two attached hydrogens (primary N) is 1. The number of furan rings is 1. The fourth-order valence-electron chi connectivity index (χ4n) is 1.57. The summed E-state index contributed by atoms with van der Waals surface area (Å²) in [5.41, 5.74) is 7.32. The largest absolute Gasteiger partial charge is 0.453 e. The minimum Gasteiger partial charge on any atom is -0.453 e. The van der Waals surface area contributed by atoms with Crippen molar-refractivity contribution in [1.82, 2.24) is 4.98 Å². The monoisotopic (exact) mass is 328 g/mol. The SMILES string of the molecule is CC(C)(C)c1csc(CC(N)c2ccc(Br)o2)n1. The fraction of sp³-hybridized carbons (Fsp3) is 0.462. The summed E-state index contributed by atoms with van der Waals surface area (Å²) in [6.45, 7) is 6.49. The van der Waals surface area contributed by atoms with E-state index in [1.165, 1.54) is 0 Å². The van der Waals surface area contributed by atoms with Gasteiger partial charge in [-0.25, -0.2) is 4.98 Å². The Labute approximate surface area is 120 Å². The van der Waals surface area contributed by atoms with Gasteiger partial charge in [0.2, 0.25) is 0 Å². The van der Waals surface area contributed by atoms with Crippen LogP contribution in [0.25, 0.3) is 0 Å². The maximum atomic E-state index is 6.11. The van der Waals surface area contributed by atoms with E-state index in [2.05, 4.69) is 47.1 Å². The van der Waals surface area contributed by atoms with Gasteiger partial charge in [-0.1, -0.05) is 20.8 Å².